The van der Waals surface area contributed by atoms with E-state index in [0.29, 0.717) is 17.1 Å². The van der Waals surface area contributed by atoms with Crippen molar-refractivity contribution < 1.29 is 19.0 Å². The number of carbonyl (C=O) groups excluding carboxylic acids is 1. The zero-order chi connectivity index (χ0) is 16.4. The topological polar surface area (TPSA) is 44.8 Å². The molecule has 0 saturated carbocycles. The molecule has 0 spiro atoms. The second kappa shape index (κ2) is 6.16. The van der Waals surface area contributed by atoms with Crippen molar-refractivity contribution in [1.82, 2.24) is 0 Å². The average molecular weight is 310 g/mol. The number of benzene rings is 2. The van der Waals surface area contributed by atoms with Gasteiger partial charge in [-0.1, -0.05) is 24.3 Å². The fourth-order valence-corrected chi connectivity index (χ4v) is 2.66. The molecule has 1 aliphatic heterocycles. The molecular formula is C19H18O4. The van der Waals surface area contributed by atoms with Crippen molar-refractivity contribution in [2.75, 3.05) is 14.2 Å². The number of carbonyl (C=O) groups is 1. The van der Waals surface area contributed by atoms with E-state index in [9.17, 15) is 4.79 Å². The van der Waals surface area contributed by atoms with Gasteiger partial charge in [-0.25, -0.2) is 4.79 Å². The third-order valence-electron chi connectivity index (χ3n) is 3.97. The van der Waals surface area contributed by atoms with Crippen molar-refractivity contribution in [3.63, 3.8) is 0 Å². The average Bonchev–Trinajstić information content (AvgIpc) is 2.58. The number of hydrogen-bond acceptors (Lipinski definition) is 4. The van der Waals surface area contributed by atoms with Crippen LogP contribution in [0.3, 0.4) is 0 Å². The molecule has 0 atom stereocenters. The van der Waals surface area contributed by atoms with Gasteiger partial charge >= 0.3 is 5.97 Å². The van der Waals surface area contributed by atoms with Gasteiger partial charge in [-0.3, -0.25) is 0 Å². The van der Waals surface area contributed by atoms with Gasteiger partial charge in [0.05, 0.1) is 19.8 Å². The summed E-state index contributed by atoms with van der Waals surface area (Å²) >= 11 is 0. The first kappa shape index (κ1) is 15.2. The minimum atomic E-state index is -0.326. The maximum Gasteiger partial charge on any atom is 0.339 e. The van der Waals surface area contributed by atoms with E-state index < -0.39 is 0 Å². The Kier molecular flexibility index (Phi) is 4.06. The highest BCUT2D eigenvalue weighted by atomic mass is 16.5. The second-order valence-electron chi connectivity index (χ2n) is 5.36. The smallest absolute Gasteiger partial charge is 0.339 e. The van der Waals surface area contributed by atoms with Crippen molar-refractivity contribution >= 4 is 17.6 Å². The number of aryl methyl sites for hydroxylation is 1. The number of esters is 1. The third-order valence-corrected chi connectivity index (χ3v) is 3.97. The Hall–Kier alpha value is -2.75. The van der Waals surface area contributed by atoms with Crippen molar-refractivity contribution in [1.29, 1.82) is 0 Å². The molecule has 1 aliphatic rings. The first-order valence-corrected chi connectivity index (χ1v) is 7.33. The number of hydrogen-bond donors (Lipinski definition) is 0. The van der Waals surface area contributed by atoms with Gasteiger partial charge < -0.3 is 14.2 Å². The highest BCUT2D eigenvalue weighted by molar-refractivity contribution is 6.23. The number of fused-ring (bicyclic) bond motifs is 1. The van der Waals surface area contributed by atoms with Gasteiger partial charge in [0.15, 0.2) is 11.5 Å². The highest BCUT2D eigenvalue weighted by Gasteiger charge is 2.25. The molecule has 118 valence electrons. The van der Waals surface area contributed by atoms with E-state index in [1.807, 2.05) is 49.4 Å². The largest absolute Gasteiger partial charge is 0.493 e. The SMILES string of the molecule is COc1cc2c(cc1OC)/C(=C/c1ccccc1C)C(=O)OC2. The van der Waals surface area contributed by atoms with Crippen LogP contribution in [0.5, 0.6) is 11.5 Å². The van der Waals surface area contributed by atoms with Crippen molar-refractivity contribution in [3.05, 3.63) is 58.7 Å². The zero-order valence-electron chi connectivity index (χ0n) is 13.4. The van der Waals surface area contributed by atoms with E-state index in [1.54, 1.807) is 14.2 Å². The Bertz CT molecular complexity index is 790. The van der Waals surface area contributed by atoms with Crippen LogP contribution >= 0.6 is 0 Å². The van der Waals surface area contributed by atoms with Crippen LogP contribution in [0.1, 0.15) is 22.3 Å². The molecule has 23 heavy (non-hydrogen) atoms. The van der Waals surface area contributed by atoms with Gasteiger partial charge in [-0.2, -0.15) is 0 Å². The second-order valence-corrected chi connectivity index (χ2v) is 5.36. The Labute approximate surface area is 135 Å². The van der Waals surface area contributed by atoms with Crippen molar-refractivity contribution in [2.24, 2.45) is 0 Å². The molecule has 4 nitrogen and oxygen atoms in total. The summed E-state index contributed by atoms with van der Waals surface area (Å²) in [5, 5.41) is 0. The first-order chi connectivity index (χ1) is 11.1. The maximum absolute atomic E-state index is 12.3. The van der Waals surface area contributed by atoms with Gasteiger partial charge in [0.25, 0.3) is 0 Å². The Morgan fingerprint density at radius 3 is 2.48 bits per heavy atom. The molecular weight excluding hydrogens is 292 g/mol. The Morgan fingerprint density at radius 2 is 1.78 bits per heavy atom. The van der Waals surface area contributed by atoms with Gasteiger partial charge in [-0.15, -0.1) is 0 Å². The van der Waals surface area contributed by atoms with Gasteiger partial charge in [0, 0.05) is 5.56 Å². The zero-order valence-corrected chi connectivity index (χ0v) is 13.4. The fourth-order valence-electron chi connectivity index (χ4n) is 2.66. The minimum Gasteiger partial charge on any atom is -0.493 e. The summed E-state index contributed by atoms with van der Waals surface area (Å²) in [5.74, 6) is 0.893. The maximum atomic E-state index is 12.3. The summed E-state index contributed by atoms with van der Waals surface area (Å²) in [6.07, 6.45) is 1.86. The predicted octanol–water partition coefficient (Wildman–Crippen LogP) is 3.61. The molecule has 0 saturated heterocycles. The quantitative estimate of drug-likeness (QED) is 0.642. The van der Waals surface area contributed by atoms with Gasteiger partial charge in [0.1, 0.15) is 6.61 Å². The molecule has 0 aromatic heterocycles. The summed E-state index contributed by atoms with van der Waals surface area (Å²) < 4.78 is 16.0. The number of cyclic esters (lactones) is 1. The normalized spacial score (nSPS) is 15.1. The van der Waals surface area contributed by atoms with Crippen molar-refractivity contribution in [3.8, 4) is 11.5 Å². The van der Waals surface area contributed by atoms with Crippen LogP contribution in [-0.4, -0.2) is 20.2 Å². The molecule has 2 aromatic carbocycles. The number of ether oxygens (including phenoxy) is 3. The standard InChI is InChI=1S/C19H18O4/c1-12-6-4-5-7-13(12)8-16-15-10-18(22-3)17(21-2)9-14(15)11-23-19(16)20/h4-10H,11H2,1-3H3/b16-8-. The molecule has 3 rings (SSSR count). The number of methoxy groups -OCH3 is 2. The van der Waals surface area contributed by atoms with Crippen LogP contribution < -0.4 is 9.47 Å². The summed E-state index contributed by atoms with van der Waals surface area (Å²) in [7, 11) is 3.17. The van der Waals surface area contributed by atoms with Crippen LogP contribution in [0.4, 0.5) is 0 Å². The number of rotatable bonds is 3. The lowest BCUT2D eigenvalue weighted by Crippen LogP contribution is -2.16. The van der Waals surface area contributed by atoms with E-state index in [0.717, 1.165) is 22.3 Å². The monoisotopic (exact) mass is 310 g/mol. The lowest BCUT2D eigenvalue weighted by atomic mass is 9.94. The molecule has 2 aromatic rings. The van der Waals surface area contributed by atoms with Crippen LogP contribution in [0.2, 0.25) is 0 Å². The Balaban J connectivity index is 2.17. The lowest BCUT2D eigenvalue weighted by Gasteiger charge is -2.21. The van der Waals surface area contributed by atoms with Crippen LogP contribution in [0.25, 0.3) is 11.6 Å². The summed E-state index contributed by atoms with van der Waals surface area (Å²) in [5.41, 5.74) is 4.34. The molecule has 4 heteroatoms. The molecule has 0 amide bonds. The molecule has 0 radical (unpaired) electrons. The predicted molar refractivity (Wildman–Crippen MR) is 88.4 cm³/mol. The first-order valence-electron chi connectivity index (χ1n) is 7.33. The lowest BCUT2D eigenvalue weighted by molar-refractivity contribution is -0.138. The Morgan fingerprint density at radius 1 is 1.09 bits per heavy atom. The van der Waals surface area contributed by atoms with Gasteiger partial charge in [0.2, 0.25) is 0 Å². The molecule has 0 aliphatic carbocycles. The van der Waals surface area contributed by atoms with Gasteiger partial charge in [-0.05, 0) is 41.8 Å². The van der Waals surface area contributed by atoms with E-state index >= 15 is 0 Å². The summed E-state index contributed by atoms with van der Waals surface area (Å²) in [6, 6.07) is 11.6. The fraction of sp³-hybridized carbons (Fsp3) is 0.211. The molecule has 1 heterocycles. The van der Waals surface area contributed by atoms with E-state index in [4.69, 9.17) is 14.2 Å². The van der Waals surface area contributed by atoms with Crippen LogP contribution in [0.15, 0.2) is 36.4 Å². The molecule has 0 N–H and O–H groups in total. The summed E-state index contributed by atoms with van der Waals surface area (Å²) in [6.45, 7) is 2.25. The third kappa shape index (κ3) is 2.80. The van der Waals surface area contributed by atoms with E-state index in [2.05, 4.69) is 0 Å². The van der Waals surface area contributed by atoms with E-state index in [1.165, 1.54) is 0 Å². The van der Waals surface area contributed by atoms with Crippen LogP contribution in [0, 0.1) is 6.92 Å². The van der Waals surface area contributed by atoms with E-state index in [-0.39, 0.29) is 12.6 Å². The highest BCUT2D eigenvalue weighted by Crippen LogP contribution is 2.37. The van der Waals surface area contributed by atoms with Crippen molar-refractivity contribution in [2.45, 2.75) is 13.5 Å². The molecule has 0 bridgehead atoms. The minimum absolute atomic E-state index is 0.236. The molecule has 0 fully saturated rings. The van der Waals surface area contributed by atoms with Crippen LogP contribution in [-0.2, 0) is 16.1 Å². The molecule has 0 unspecified atom stereocenters. The summed E-state index contributed by atoms with van der Waals surface area (Å²) in [4.78, 5) is 12.3.